The van der Waals surface area contributed by atoms with Gasteiger partial charge in [0.1, 0.15) is 0 Å². The minimum atomic E-state index is -0.800. The van der Waals surface area contributed by atoms with Gasteiger partial charge in [0.15, 0.2) is 0 Å². The molecule has 1 aliphatic rings. The van der Waals surface area contributed by atoms with Crippen molar-refractivity contribution in [3.8, 4) is 0 Å². The molecule has 0 amide bonds. The van der Waals surface area contributed by atoms with Crippen LogP contribution in [0.3, 0.4) is 0 Å². The Hall–Kier alpha value is -0.480. The number of carbonyl (C=O) groups is 1. The van der Waals surface area contributed by atoms with E-state index in [4.69, 9.17) is 28.3 Å². The molecule has 1 aromatic carbocycles. The molecule has 0 radical (unpaired) electrons. The van der Waals surface area contributed by atoms with Gasteiger partial charge in [0.2, 0.25) is 0 Å². The summed E-state index contributed by atoms with van der Waals surface area (Å²) >= 11 is 12.0. The second-order valence-electron chi connectivity index (χ2n) is 3.88. The molecule has 0 unspecified atom stereocenters. The van der Waals surface area contributed by atoms with Gasteiger partial charge in [-0.25, -0.2) is 0 Å². The van der Waals surface area contributed by atoms with Gasteiger partial charge in [-0.2, -0.15) is 0 Å². The van der Waals surface area contributed by atoms with Crippen molar-refractivity contribution in [2.24, 2.45) is 5.92 Å². The third kappa shape index (κ3) is 3.05. The van der Waals surface area contributed by atoms with Crippen LogP contribution in [-0.2, 0) is 4.79 Å². The van der Waals surface area contributed by atoms with Gasteiger partial charge in [0, 0.05) is 29.1 Å². The number of hydrogen-bond acceptors (Lipinski definition) is 2. The predicted octanol–water partition coefficient (Wildman–Crippen LogP) is 2.80. The van der Waals surface area contributed by atoms with Crippen LogP contribution in [0.15, 0.2) is 18.2 Å². The lowest BCUT2D eigenvalue weighted by Crippen LogP contribution is -2.21. The Labute approximate surface area is 116 Å². The van der Waals surface area contributed by atoms with E-state index in [0.717, 1.165) is 5.56 Å². The van der Waals surface area contributed by atoms with Crippen molar-refractivity contribution >= 4 is 41.6 Å². The average molecular weight is 297 g/mol. The average Bonchev–Trinajstić information content (AvgIpc) is 2.70. The first-order chi connectivity index (χ1) is 7.59. The SMILES string of the molecule is Cl.O=C(O)[C@H]1CNC[C@@H]1c1cc(Cl)ccc1Cl. The molecule has 1 aromatic rings. The number of carboxylic acid groups (broad SMARTS) is 1. The Bertz CT molecular complexity index is 425. The van der Waals surface area contributed by atoms with Gasteiger partial charge in [0.25, 0.3) is 0 Å². The molecular weight excluding hydrogens is 284 g/mol. The van der Waals surface area contributed by atoms with Crippen LogP contribution >= 0.6 is 35.6 Å². The minimum Gasteiger partial charge on any atom is -0.481 e. The molecule has 2 rings (SSSR count). The highest BCUT2D eigenvalue weighted by atomic mass is 35.5. The molecule has 0 aromatic heterocycles. The van der Waals surface area contributed by atoms with Gasteiger partial charge in [-0.3, -0.25) is 4.79 Å². The molecule has 1 fully saturated rings. The zero-order valence-corrected chi connectivity index (χ0v) is 11.1. The van der Waals surface area contributed by atoms with Crippen LogP contribution < -0.4 is 5.32 Å². The van der Waals surface area contributed by atoms with Gasteiger partial charge < -0.3 is 10.4 Å². The van der Waals surface area contributed by atoms with Gasteiger partial charge in [-0.15, -0.1) is 12.4 Å². The third-order valence-corrected chi connectivity index (χ3v) is 3.47. The molecule has 0 saturated carbocycles. The number of aliphatic carboxylic acids is 1. The molecule has 2 N–H and O–H groups in total. The van der Waals surface area contributed by atoms with Gasteiger partial charge in [-0.05, 0) is 23.8 Å². The lowest BCUT2D eigenvalue weighted by atomic mass is 9.89. The van der Waals surface area contributed by atoms with Crippen LogP contribution in [0.2, 0.25) is 10.0 Å². The summed E-state index contributed by atoms with van der Waals surface area (Å²) in [6.07, 6.45) is 0. The lowest BCUT2D eigenvalue weighted by Gasteiger charge is -2.16. The normalized spacial score (nSPS) is 23.2. The standard InChI is InChI=1S/C11H11Cl2NO2.ClH/c12-6-1-2-10(13)7(3-6)8-4-14-5-9(8)11(15)16;/h1-3,8-9,14H,4-5H2,(H,15,16);1H/t8-,9+;/m1./s1. The van der Waals surface area contributed by atoms with Crippen LogP contribution in [0, 0.1) is 5.92 Å². The summed E-state index contributed by atoms with van der Waals surface area (Å²) in [5, 5.41) is 13.3. The third-order valence-electron chi connectivity index (χ3n) is 2.89. The molecule has 1 heterocycles. The maximum absolute atomic E-state index is 11.1. The first kappa shape index (κ1) is 14.6. The Morgan fingerprint density at radius 1 is 1.35 bits per heavy atom. The van der Waals surface area contributed by atoms with Crippen molar-refractivity contribution in [2.75, 3.05) is 13.1 Å². The van der Waals surface area contributed by atoms with Crippen LogP contribution in [0.5, 0.6) is 0 Å². The molecule has 0 aliphatic carbocycles. The van der Waals surface area contributed by atoms with E-state index in [1.54, 1.807) is 18.2 Å². The Morgan fingerprint density at radius 2 is 2.06 bits per heavy atom. The van der Waals surface area contributed by atoms with E-state index in [1.807, 2.05) is 0 Å². The van der Waals surface area contributed by atoms with E-state index in [2.05, 4.69) is 5.32 Å². The zero-order valence-electron chi connectivity index (χ0n) is 8.82. The summed E-state index contributed by atoms with van der Waals surface area (Å²) < 4.78 is 0. The van der Waals surface area contributed by atoms with Crippen LogP contribution in [0.4, 0.5) is 0 Å². The van der Waals surface area contributed by atoms with Crippen LogP contribution in [-0.4, -0.2) is 24.2 Å². The highest BCUT2D eigenvalue weighted by Gasteiger charge is 2.34. The van der Waals surface area contributed by atoms with E-state index >= 15 is 0 Å². The summed E-state index contributed by atoms with van der Waals surface area (Å²) in [6.45, 7) is 1.10. The van der Waals surface area contributed by atoms with E-state index in [9.17, 15) is 4.79 Å². The molecule has 3 nitrogen and oxygen atoms in total. The molecule has 1 aliphatic heterocycles. The number of hydrogen-bond donors (Lipinski definition) is 2. The number of carboxylic acids is 1. The largest absolute Gasteiger partial charge is 0.481 e. The molecule has 1 saturated heterocycles. The highest BCUT2D eigenvalue weighted by molar-refractivity contribution is 6.33. The van der Waals surface area contributed by atoms with Crippen LogP contribution in [0.25, 0.3) is 0 Å². The van der Waals surface area contributed by atoms with Gasteiger partial charge in [-0.1, -0.05) is 23.2 Å². The lowest BCUT2D eigenvalue weighted by molar-refractivity contribution is -0.141. The van der Waals surface area contributed by atoms with Crippen molar-refractivity contribution in [3.63, 3.8) is 0 Å². The summed E-state index contributed by atoms with van der Waals surface area (Å²) in [4.78, 5) is 11.1. The number of nitrogens with one attached hydrogen (secondary N) is 1. The molecule has 0 spiro atoms. The summed E-state index contributed by atoms with van der Waals surface area (Å²) in [7, 11) is 0. The smallest absolute Gasteiger partial charge is 0.308 e. The first-order valence-electron chi connectivity index (χ1n) is 4.98. The topological polar surface area (TPSA) is 49.3 Å². The second-order valence-corrected chi connectivity index (χ2v) is 4.72. The molecule has 94 valence electrons. The molecule has 0 bridgehead atoms. The molecular formula is C11H12Cl3NO2. The highest BCUT2D eigenvalue weighted by Crippen LogP contribution is 2.34. The van der Waals surface area contributed by atoms with E-state index in [-0.39, 0.29) is 18.3 Å². The Balaban J connectivity index is 0.00000144. The first-order valence-corrected chi connectivity index (χ1v) is 5.73. The van der Waals surface area contributed by atoms with Crippen molar-refractivity contribution in [2.45, 2.75) is 5.92 Å². The van der Waals surface area contributed by atoms with Crippen LogP contribution in [0.1, 0.15) is 11.5 Å². The van der Waals surface area contributed by atoms with Gasteiger partial charge in [0.05, 0.1) is 5.92 Å². The van der Waals surface area contributed by atoms with E-state index in [0.29, 0.717) is 23.1 Å². The fraction of sp³-hybridized carbons (Fsp3) is 0.364. The molecule has 6 heteroatoms. The number of rotatable bonds is 2. The zero-order chi connectivity index (χ0) is 11.7. The van der Waals surface area contributed by atoms with Crippen molar-refractivity contribution < 1.29 is 9.90 Å². The maximum Gasteiger partial charge on any atom is 0.308 e. The maximum atomic E-state index is 11.1. The van der Waals surface area contributed by atoms with E-state index in [1.165, 1.54) is 0 Å². The van der Waals surface area contributed by atoms with Crippen molar-refractivity contribution in [1.29, 1.82) is 0 Å². The minimum absolute atomic E-state index is 0. The molecule has 17 heavy (non-hydrogen) atoms. The van der Waals surface area contributed by atoms with Gasteiger partial charge >= 0.3 is 5.97 Å². The fourth-order valence-corrected chi connectivity index (χ4v) is 2.50. The summed E-state index contributed by atoms with van der Waals surface area (Å²) in [5.41, 5.74) is 0.812. The van der Waals surface area contributed by atoms with E-state index < -0.39 is 11.9 Å². The number of halogens is 3. The summed E-state index contributed by atoms with van der Waals surface area (Å²) in [6, 6.07) is 5.15. The fourth-order valence-electron chi connectivity index (χ4n) is 2.06. The Morgan fingerprint density at radius 3 is 2.71 bits per heavy atom. The van der Waals surface area contributed by atoms with Crippen molar-refractivity contribution in [1.82, 2.24) is 5.32 Å². The Kier molecular flexibility index (Phi) is 5.07. The predicted molar refractivity (Wildman–Crippen MR) is 70.4 cm³/mol. The summed E-state index contributed by atoms with van der Waals surface area (Å²) in [5.74, 6) is -1.34. The molecule has 2 atom stereocenters. The second kappa shape index (κ2) is 5.91. The number of benzene rings is 1. The monoisotopic (exact) mass is 295 g/mol. The van der Waals surface area contributed by atoms with Crippen molar-refractivity contribution in [3.05, 3.63) is 33.8 Å². The quantitative estimate of drug-likeness (QED) is 0.882.